The van der Waals surface area contributed by atoms with Crippen LogP contribution in [0.3, 0.4) is 0 Å². The molecule has 0 aromatic carbocycles. The second kappa shape index (κ2) is 10.3. The molecule has 0 aliphatic rings. The molecular weight excluding hydrogens is 340 g/mol. The lowest BCUT2D eigenvalue weighted by Gasteiger charge is -2.20. The molecule has 0 fully saturated rings. The van der Waals surface area contributed by atoms with Crippen molar-refractivity contribution in [3.05, 3.63) is 0 Å². The van der Waals surface area contributed by atoms with Crippen LogP contribution in [0.25, 0.3) is 0 Å². The molecule has 0 saturated carbocycles. The molecule has 0 aliphatic carbocycles. The molecule has 10 heteroatoms. The van der Waals surface area contributed by atoms with Crippen molar-refractivity contribution < 1.29 is 32.0 Å². The van der Waals surface area contributed by atoms with E-state index in [1.807, 2.05) is 0 Å². The maximum absolute atomic E-state index is 11.3. The average molecular weight is 370 g/mol. The summed E-state index contributed by atoms with van der Waals surface area (Å²) in [4.78, 5) is 22.6. The minimum absolute atomic E-state index is 0.435. The van der Waals surface area contributed by atoms with E-state index in [1.165, 1.54) is 0 Å². The van der Waals surface area contributed by atoms with E-state index in [1.54, 1.807) is 41.5 Å². The third-order valence-corrected chi connectivity index (χ3v) is 1.69. The Hall–Kier alpha value is -1.55. The normalized spacial score (nSPS) is 11.7. The summed E-state index contributed by atoms with van der Waals surface area (Å²) >= 11 is 0. The summed E-state index contributed by atoms with van der Waals surface area (Å²) < 4.78 is 36.0. The smallest absolute Gasteiger partial charge is 0.407 e. The Labute approximate surface area is 144 Å². The number of alkyl carbamates (subject to hydrolysis) is 2. The Balaban J connectivity index is 0. The van der Waals surface area contributed by atoms with Gasteiger partial charge in [0, 0.05) is 13.1 Å². The summed E-state index contributed by atoms with van der Waals surface area (Å²) in [5, 5.41) is 5.22. The molecule has 0 rings (SSSR count). The zero-order chi connectivity index (χ0) is 19.6. The first-order valence-corrected chi connectivity index (χ1v) is 9.20. The number of carbonyl (C=O) groups is 2. The molecule has 24 heavy (non-hydrogen) atoms. The van der Waals surface area contributed by atoms with Gasteiger partial charge in [0.1, 0.15) is 11.2 Å². The van der Waals surface area contributed by atoms with Gasteiger partial charge in [-0.2, -0.15) is 8.42 Å². The highest BCUT2D eigenvalue weighted by molar-refractivity contribution is 7.85. The molecule has 3 N–H and O–H groups in total. The van der Waals surface area contributed by atoms with E-state index in [2.05, 4.69) is 10.6 Å². The summed E-state index contributed by atoms with van der Waals surface area (Å²) in [5.74, 6) is 0. The van der Waals surface area contributed by atoms with Gasteiger partial charge in [0.15, 0.2) is 0 Å². The van der Waals surface area contributed by atoms with E-state index in [9.17, 15) is 18.0 Å². The van der Waals surface area contributed by atoms with E-state index < -0.39 is 33.5 Å². The second-order valence-corrected chi connectivity index (χ2v) is 8.41. The Morgan fingerprint density at radius 2 is 1.12 bits per heavy atom. The molecule has 0 aromatic rings. The van der Waals surface area contributed by atoms with Crippen molar-refractivity contribution in [2.75, 3.05) is 19.3 Å². The number of nitrogens with one attached hydrogen (secondary N) is 2. The maximum Gasteiger partial charge on any atom is 0.407 e. The van der Waals surface area contributed by atoms with Gasteiger partial charge in [0.05, 0.1) is 6.26 Å². The lowest BCUT2D eigenvalue weighted by atomic mass is 10.2. The Morgan fingerprint density at radius 1 is 0.875 bits per heavy atom. The predicted molar refractivity (Wildman–Crippen MR) is 90.6 cm³/mol. The highest BCUT2D eigenvalue weighted by Crippen LogP contribution is 2.07. The van der Waals surface area contributed by atoms with Crippen molar-refractivity contribution in [1.29, 1.82) is 0 Å². The third kappa shape index (κ3) is 28.6. The summed E-state index contributed by atoms with van der Waals surface area (Å²) in [6.45, 7) is 11.7. The zero-order valence-electron chi connectivity index (χ0n) is 15.4. The molecule has 0 bridgehead atoms. The van der Waals surface area contributed by atoms with Gasteiger partial charge >= 0.3 is 12.2 Å². The number of carbonyl (C=O) groups excluding carboxylic acids is 2. The van der Waals surface area contributed by atoms with Gasteiger partial charge in [-0.15, -0.1) is 0 Å². The molecule has 144 valence electrons. The molecule has 9 nitrogen and oxygen atoms in total. The monoisotopic (exact) mass is 370 g/mol. The number of ether oxygens (including phenoxy) is 2. The molecule has 0 atom stereocenters. The molecule has 0 heterocycles. The van der Waals surface area contributed by atoms with Gasteiger partial charge in [-0.25, -0.2) is 9.59 Å². The summed E-state index contributed by atoms with van der Waals surface area (Å²) in [6.07, 6.45) is 0.417. The first kappa shape index (κ1) is 24.7. The fraction of sp³-hybridized carbons (Fsp3) is 0.857. The fourth-order valence-corrected chi connectivity index (χ4v) is 1.10. The largest absolute Gasteiger partial charge is 0.444 e. The van der Waals surface area contributed by atoms with Crippen LogP contribution < -0.4 is 10.6 Å². The van der Waals surface area contributed by atoms with Crippen LogP contribution in [0.1, 0.15) is 48.0 Å². The van der Waals surface area contributed by atoms with Crippen molar-refractivity contribution >= 4 is 22.3 Å². The van der Waals surface area contributed by atoms with Crippen molar-refractivity contribution in [2.24, 2.45) is 0 Å². The SMILES string of the molecule is CC(C)(C)OC(=O)NCCCNC(=O)OC(C)(C)C.CS(=O)(=O)O. The minimum atomic E-state index is -3.67. The van der Waals surface area contributed by atoms with Crippen LogP contribution in [0.15, 0.2) is 0 Å². The number of amides is 2. The average Bonchev–Trinajstić information content (AvgIpc) is 2.20. The van der Waals surface area contributed by atoms with Gasteiger partial charge in [-0.1, -0.05) is 0 Å². The molecule has 2 amide bonds. The van der Waals surface area contributed by atoms with Crippen molar-refractivity contribution in [2.45, 2.75) is 59.2 Å². The van der Waals surface area contributed by atoms with Crippen LogP contribution in [0.2, 0.25) is 0 Å². The number of rotatable bonds is 4. The van der Waals surface area contributed by atoms with Crippen LogP contribution >= 0.6 is 0 Å². The summed E-state index contributed by atoms with van der Waals surface area (Å²) in [5.41, 5.74) is -1.00. The molecule has 0 aliphatic heterocycles. The molecule has 0 saturated heterocycles. The van der Waals surface area contributed by atoms with Crippen LogP contribution in [0, 0.1) is 0 Å². The highest BCUT2D eigenvalue weighted by Gasteiger charge is 2.16. The van der Waals surface area contributed by atoms with Crippen molar-refractivity contribution in [1.82, 2.24) is 10.6 Å². The minimum Gasteiger partial charge on any atom is -0.444 e. The Kier molecular flexibility index (Phi) is 10.6. The topological polar surface area (TPSA) is 131 Å². The summed E-state index contributed by atoms with van der Waals surface area (Å²) in [7, 11) is -3.67. The van der Waals surface area contributed by atoms with E-state index >= 15 is 0 Å². The van der Waals surface area contributed by atoms with E-state index in [4.69, 9.17) is 14.0 Å². The van der Waals surface area contributed by atoms with E-state index in [0.717, 1.165) is 0 Å². The molecule has 0 unspecified atom stereocenters. The van der Waals surface area contributed by atoms with Gasteiger partial charge in [-0.3, -0.25) is 4.55 Å². The van der Waals surface area contributed by atoms with Crippen molar-refractivity contribution in [3.63, 3.8) is 0 Å². The predicted octanol–water partition coefficient (Wildman–Crippen LogP) is 1.93. The first-order chi connectivity index (χ1) is 10.5. The van der Waals surface area contributed by atoms with Gasteiger partial charge in [0.2, 0.25) is 0 Å². The molecular formula is C14H30N2O7S. The fourth-order valence-electron chi connectivity index (χ4n) is 1.10. The van der Waals surface area contributed by atoms with Gasteiger partial charge in [0.25, 0.3) is 10.1 Å². The standard InChI is InChI=1S/C13H26N2O4.CH4O3S/c1-12(2,3)18-10(16)14-8-7-9-15-11(17)19-13(4,5)6;1-5(2,3)4/h7-9H2,1-6H3,(H,14,16)(H,15,17);1H3,(H,2,3,4). The lowest BCUT2D eigenvalue weighted by Crippen LogP contribution is -2.36. The zero-order valence-corrected chi connectivity index (χ0v) is 16.2. The van der Waals surface area contributed by atoms with Gasteiger partial charge < -0.3 is 20.1 Å². The van der Waals surface area contributed by atoms with Gasteiger partial charge in [-0.05, 0) is 48.0 Å². The molecule has 0 radical (unpaired) electrons. The van der Waals surface area contributed by atoms with Crippen molar-refractivity contribution in [3.8, 4) is 0 Å². The lowest BCUT2D eigenvalue weighted by molar-refractivity contribution is 0.0525. The molecule has 0 aromatic heterocycles. The Bertz CT molecular complexity index is 452. The number of hydrogen-bond acceptors (Lipinski definition) is 6. The van der Waals surface area contributed by atoms with E-state index in [-0.39, 0.29) is 0 Å². The van der Waals surface area contributed by atoms with Crippen LogP contribution in [0.4, 0.5) is 9.59 Å². The number of hydrogen-bond donors (Lipinski definition) is 3. The van der Waals surface area contributed by atoms with Crippen LogP contribution in [-0.4, -0.2) is 55.7 Å². The van der Waals surface area contributed by atoms with E-state index in [0.29, 0.717) is 25.8 Å². The highest BCUT2D eigenvalue weighted by atomic mass is 32.2. The molecule has 0 spiro atoms. The second-order valence-electron chi connectivity index (χ2n) is 6.94. The van der Waals surface area contributed by atoms with Crippen LogP contribution in [0.5, 0.6) is 0 Å². The summed E-state index contributed by atoms with van der Waals surface area (Å²) in [6, 6.07) is 0. The third-order valence-electron chi connectivity index (χ3n) is 1.69. The first-order valence-electron chi connectivity index (χ1n) is 7.36. The maximum atomic E-state index is 11.3. The van der Waals surface area contributed by atoms with Crippen LogP contribution in [-0.2, 0) is 19.6 Å². The quantitative estimate of drug-likeness (QED) is 0.509. The Morgan fingerprint density at radius 3 is 1.33 bits per heavy atom.